The molecule has 0 fully saturated rings. The number of ether oxygens (including phenoxy) is 1. The third-order valence-electron chi connectivity index (χ3n) is 2.29. The molecule has 0 aliphatic rings. The van der Waals surface area contributed by atoms with Crippen molar-refractivity contribution < 1.29 is 17.9 Å². The molecule has 1 aromatic heterocycles. The quantitative estimate of drug-likeness (QED) is 0.930. The van der Waals surface area contributed by atoms with E-state index >= 15 is 0 Å². The van der Waals surface area contributed by atoms with Crippen molar-refractivity contribution >= 4 is 5.69 Å². The van der Waals surface area contributed by atoms with Gasteiger partial charge in [-0.2, -0.15) is 0 Å². The van der Waals surface area contributed by atoms with Crippen LogP contribution < -0.4 is 10.1 Å². The molecule has 2 rings (SSSR count). The van der Waals surface area contributed by atoms with Gasteiger partial charge in [-0.25, -0.2) is 9.97 Å². The van der Waals surface area contributed by atoms with Crippen LogP contribution in [-0.2, 0) is 0 Å². The highest BCUT2D eigenvalue weighted by molar-refractivity contribution is 5.57. The number of nitrogens with zero attached hydrogens (tertiary/aromatic N) is 2. The predicted molar refractivity (Wildman–Crippen MR) is 63.7 cm³/mol. The normalized spacial score (nSPS) is 11.2. The third kappa shape index (κ3) is 3.57. The van der Waals surface area contributed by atoms with Crippen LogP contribution in [0.2, 0.25) is 0 Å². The molecule has 0 unspecified atom stereocenters. The van der Waals surface area contributed by atoms with Crippen LogP contribution in [0.1, 0.15) is 0 Å². The topological polar surface area (TPSA) is 47.0 Å². The van der Waals surface area contributed by atoms with E-state index in [2.05, 4.69) is 20.0 Å². The maximum Gasteiger partial charge on any atom is 0.573 e. The van der Waals surface area contributed by atoms with Crippen molar-refractivity contribution in [2.45, 2.75) is 6.36 Å². The van der Waals surface area contributed by atoms with Crippen molar-refractivity contribution in [3.05, 3.63) is 36.7 Å². The van der Waals surface area contributed by atoms with Gasteiger partial charge in [-0.05, 0) is 24.3 Å². The van der Waals surface area contributed by atoms with E-state index in [9.17, 15) is 13.2 Å². The zero-order valence-corrected chi connectivity index (χ0v) is 9.90. The van der Waals surface area contributed by atoms with Crippen LogP contribution in [0, 0.1) is 0 Å². The number of aromatic nitrogens is 2. The fraction of sp³-hybridized carbons (Fsp3) is 0.167. The molecule has 0 aliphatic heterocycles. The summed E-state index contributed by atoms with van der Waals surface area (Å²) in [6, 6.07) is 5.38. The van der Waals surface area contributed by atoms with Crippen LogP contribution in [-0.4, -0.2) is 23.4 Å². The lowest BCUT2D eigenvalue weighted by Gasteiger charge is -2.09. The number of hydrogen-bond donors (Lipinski definition) is 1. The van der Waals surface area contributed by atoms with E-state index in [0.717, 1.165) is 5.69 Å². The van der Waals surface area contributed by atoms with Crippen molar-refractivity contribution in [1.29, 1.82) is 0 Å². The van der Waals surface area contributed by atoms with Crippen molar-refractivity contribution in [2.75, 3.05) is 12.4 Å². The minimum absolute atomic E-state index is 0.275. The van der Waals surface area contributed by atoms with Crippen molar-refractivity contribution in [2.24, 2.45) is 0 Å². The minimum atomic E-state index is -4.69. The summed E-state index contributed by atoms with van der Waals surface area (Å²) in [7, 11) is 1.74. The van der Waals surface area contributed by atoms with Crippen molar-refractivity contribution in [1.82, 2.24) is 9.97 Å². The van der Waals surface area contributed by atoms with E-state index in [1.54, 1.807) is 19.4 Å². The number of alkyl halides is 3. The van der Waals surface area contributed by atoms with Gasteiger partial charge in [0.15, 0.2) is 5.82 Å². The van der Waals surface area contributed by atoms with E-state index in [1.807, 2.05) is 0 Å². The Kier molecular flexibility index (Phi) is 3.55. The van der Waals surface area contributed by atoms with E-state index in [4.69, 9.17) is 0 Å². The SMILES string of the molecule is CNc1cnc(-c2ccc(OC(F)(F)F)cc2)nc1. The van der Waals surface area contributed by atoms with E-state index < -0.39 is 6.36 Å². The van der Waals surface area contributed by atoms with Gasteiger partial charge in [-0.15, -0.1) is 13.2 Å². The molecular formula is C12H10F3N3O. The molecule has 100 valence electrons. The van der Waals surface area contributed by atoms with Crippen LogP contribution >= 0.6 is 0 Å². The number of rotatable bonds is 3. The molecule has 0 saturated heterocycles. The molecule has 1 heterocycles. The molecule has 0 saturated carbocycles. The molecule has 1 N–H and O–H groups in total. The summed E-state index contributed by atoms with van der Waals surface area (Å²) in [5, 5.41) is 2.87. The lowest BCUT2D eigenvalue weighted by atomic mass is 10.2. The standard InChI is InChI=1S/C12H10F3N3O/c1-16-9-6-17-11(18-7-9)8-2-4-10(5-3-8)19-12(13,14)15/h2-7,16H,1H3. The molecule has 0 spiro atoms. The van der Waals surface area contributed by atoms with Crippen LogP contribution in [0.25, 0.3) is 11.4 Å². The first-order valence-electron chi connectivity index (χ1n) is 5.34. The summed E-state index contributed by atoms with van der Waals surface area (Å²) in [5.41, 5.74) is 1.36. The van der Waals surface area contributed by atoms with Gasteiger partial charge in [0.1, 0.15) is 5.75 Å². The van der Waals surface area contributed by atoms with E-state index in [-0.39, 0.29) is 5.75 Å². The number of halogens is 3. The smallest absolute Gasteiger partial charge is 0.406 e. The van der Waals surface area contributed by atoms with E-state index in [1.165, 1.54) is 24.3 Å². The number of hydrogen-bond acceptors (Lipinski definition) is 4. The lowest BCUT2D eigenvalue weighted by molar-refractivity contribution is -0.274. The predicted octanol–water partition coefficient (Wildman–Crippen LogP) is 3.08. The Balaban J connectivity index is 2.17. The Bertz CT molecular complexity index is 538. The molecular weight excluding hydrogens is 259 g/mol. The first-order chi connectivity index (χ1) is 8.98. The summed E-state index contributed by atoms with van der Waals surface area (Å²) >= 11 is 0. The zero-order chi connectivity index (χ0) is 13.9. The van der Waals surface area contributed by atoms with Crippen molar-refractivity contribution in [3.63, 3.8) is 0 Å². The molecule has 0 radical (unpaired) electrons. The van der Waals surface area contributed by atoms with Gasteiger partial charge in [0.25, 0.3) is 0 Å². The van der Waals surface area contributed by atoms with Gasteiger partial charge in [-0.3, -0.25) is 0 Å². The molecule has 1 aromatic carbocycles. The van der Waals surface area contributed by atoms with Crippen LogP contribution in [0.15, 0.2) is 36.7 Å². The van der Waals surface area contributed by atoms with Gasteiger partial charge in [0, 0.05) is 12.6 Å². The van der Waals surface area contributed by atoms with Gasteiger partial charge in [0.05, 0.1) is 18.1 Å². The van der Waals surface area contributed by atoms with Crippen molar-refractivity contribution in [3.8, 4) is 17.1 Å². The second-order valence-corrected chi connectivity index (χ2v) is 3.62. The Morgan fingerprint density at radius 1 is 1.05 bits per heavy atom. The first kappa shape index (κ1) is 13.1. The summed E-state index contributed by atoms with van der Waals surface area (Å²) in [4.78, 5) is 8.17. The maximum atomic E-state index is 12.0. The highest BCUT2D eigenvalue weighted by atomic mass is 19.4. The second-order valence-electron chi connectivity index (χ2n) is 3.62. The Labute approximate surface area is 107 Å². The summed E-state index contributed by atoms with van der Waals surface area (Å²) in [6.07, 6.45) is -1.52. The molecule has 4 nitrogen and oxygen atoms in total. The monoisotopic (exact) mass is 269 g/mol. The Morgan fingerprint density at radius 2 is 1.63 bits per heavy atom. The van der Waals surface area contributed by atoms with Crippen LogP contribution in [0.5, 0.6) is 5.75 Å². The van der Waals surface area contributed by atoms with Gasteiger partial charge >= 0.3 is 6.36 Å². The highest BCUT2D eigenvalue weighted by Crippen LogP contribution is 2.25. The van der Waals surface area contributed by atoms with Gasteiger partial charge in [0.2, 0.25) is 0 Å². The molecule has 19 heavy (non-hydrogen) atoms. The molecule has 0 bridgehead atoms. The highest BCUT2D eigenvalue weighted by Gasteiger charge is 2.30. The summed E-state index contributed by atoms with van der Waals surface area (Å²) in [5.74, 6) is 0.153. The largest absolute Gasteiger partial charge is 0.573 e. The Hall–Kier alpha value is -2.31. The molecule has 0 aliphatic carbocycles. The molecule has 7 heteroatoms. The number of nitrogens with one attached hydrogen (secondary N) is 1. The van der Waals surface area contributed by atoms with Crippen LogP contribution in [0.3, 0.4) is 0 Å². The fourth-order valence-corrected chi connectivity index (χ4v) is 1.41. The second kappa shape index (κ2) is 5.13. The molecule has 0 atom stereocenters. The zero-order valence-electron chi connectivity index (χ0n) is 9.90. The van der Waals surface area contributed by atoms with Crippen LogP contribution in [0.4, 0.5) is 18.9 Å². The Morgan fingerprint density at radius 3 is 2.11 bits per heavy atom. The fourth-order valence-electron chi connectivity index (χ4n) is 1.41. The average molecular weight is 269 g/mol. The van der Waals surface area contributed by atoms with E-state index in [0.29, 0.717) is 11.4 Å². The molecule has 2 aromatic rings. The van der Waals surface area contributed by atoms with Gasteiger partial charge in [-0.1, -0.05) is 0 Å². The molecule has 0 amide bonds. The number of benzene rings is 1. The van der Waals surface area contributed by atoms with Gasteiger partial charge < -0.3 is 10.1 Å². The summed E-state index contributed by atoms with van der Waals surface area (Å²) in [6.45, 7) is 0. The average Bonchev–Trinajstić information content (AvgIpc) is 2.38. The number of anilines is 1. The minimum Gasteiger partial charge on any atom is -0.406 e. The maximum absolute atomic E-state index is 12.0. The first-order valence-corrected chi connectivity index (χ1v) is 5.34. The lowest BCUT2D eigenvalue weighted by Crippen LogP contribution is -2.16. The summed E-state index contributed by atoms with van der Waals surface area (Å²) < 4.78 is 39.8. The third-order valence-corrected chi connectivity index (χ3v) is 2.29.